The number of carboxylic acid groups (broad SMARTS) is 1. The van der Waals surface area contributed by atoms with Crippen LogP contribution >= 0.6 is 0 Å². The van der Waals surface area contributed by atoms with Crippen molar-refractivity contribution in [2.24, 2.45) is 5.92 Å². The van der Waals surface area contributed by atoms with E-state index in [9.17, 15) is 14.7 Å². The molecule has 3 unspecified atom stereocenters. The summed E-state index contributed by atoms with van der Waals surface area (Å²) in [5.74, 6) is 0.245. The molecule has 2 N–H and O–H groups in total. The maximum Gasteiger partial charge on any atom is 0.308 e. The molecular formula is C21H22N2O4. The third-order valence-corrected chi connectivity index (χ3v) is 5.44. The van der Waals surface area contributed by atoms with Crippen LogP contribution in [0.1, 0.15) is 19.3 Å². The van der Waals surface area contributed by atoms with Crippen LogP contribution in [-0.4, -0.2) is 40.5 Å². The summed E-state index contributed by atoms with van der Waals surface area (Å²) in [6, 6.07) is 16.9. The molecule has 0 aliphatic carbocycles. The van der Waals surface area contributed by atoms with Gasteiger partial charge in [-0.05, 0) is 55.7 Å². The van der Waals surface area contributed by atoms with Crippen molar-refractivity contribution in [1.82, 2.24) is 4.90 Å². The Hall–Kier alpha value is -2.86. The maximum atomic E-state index is 12.4. The number of nitrogens with zero attached hydrogens (tertiary/aromatic N) is 1. The number of hydrogen-bond donors (Lipinski definition) is 2. The van der Waals surface area contributed by atoms with Gasteiger partial charge in [0.1, 0.15) is 11.5 Å². The van der Waals surface area contributed by atoms with Crippen molar-refractivity contribution in [2.75, 3.05) is 11.9 Å². The van der Waals surface area contributed by atoms with Crippen LogP contribution in [-0.2, 0) is 9.59 Å². The molecule has 1 amide bonds. The Bertz CT molecular complexity index is 822. The van der Waals surface area contributed by atoms with Crippen LogP contribution in [0.15, 0.2) is 54.6 Å². The Labute approximate surface area is 157 Å². The number of hydrogen-bond acceptors (Lipinski definition) is 4. The van der Waals surface area contributed by atoms with Crippen molar-refractivity contribution in [3.8, 4) is 11.5 Å². The minimum Gasteiger partial charge on any atom is -0.481 e. The first-order chi connectivity index (χ1) is 13.1. The van der Waals surface area contributed by atoms with Gasteiger partial charge in [0.05, 0.1) is 12.5 Å². The Morgan fingerprint density at radius 3 is 2.41 bits per heavy atom. The van der Waals surface area contributed by atoms with Gasteiger partial charge >= 0.3 is 5.97 Å². The first kappa shape index (κ1) is 17.5. The Kier molecular flexibility index (Phi) is 4.81. The lowest BCUT2D eigenvalue weighted by atomic mass is 9.89. The van der Waals surface area contributed by atoms with Crippen LogP contribution in [0.25, 0.3) is 0 Å². The van der Waals surface area contributed by atoms with Gasteiger partial charge in [-0.25, -0.2) is 0 Å². The van der Waals surface area contributed by atoms with E-state index in [4.69, 9.17) is 4.74 Å². The van der Waals surface area contributed by atoms with Crippen LogP contribution in [0.5, 0.6) is 11.5 Å². The smallest absolute Gasteiger partial charge is 0.308 e. The van der Waals surface area contributed by atoms with E-state index in [0.29, 0.717) is 17.9 Å². The van der Waals surface area contributed by atoms with Crippen molar-refractivity contribution < 1.29 is 19.4 Å². The molecule has 2 heterocycles. The number of anilines is 1. The lowest BCUT2D eigenvalue weighted by Gasteiger charge is -2.22. The molecule has 4 rings (SSSR count). The zero-order valence-corrected chi connectivity index (χ0v) is 14.9. The van der Waals surface area contributed by atoms with Gasteiger partial charge in [-0.15, -0.1) is 0 Å². The van der Waals surface area contributed by atoms with Crippen molar-refractivity contribution in [3.63, 3.8) is 0 Å². The number of para-hydroxylation sites is 1. The summed E-state index contributed by atoms with van der Waals surface area (Å²) in [6.07, 6.45) is 2.49. The number of carbonyl (C=O) groups excluding carboxylic acids is 1. The van der Waals surface area contributed by atoms with Crippen LogP contribution < -0.4 is 10.1 Å². The third kappa shape index (κ3) is 3.80. The van der Waals surface area contributed by atoms with E-state index in [1.165, 1.54) is 0 Å². The molecule has 0 saturated carbocycles. The van der Waals surface area contributed by atoms with Crippen LogP contribution in [0.4, 0.5) is 5.69 Å². The number of fused-ring (bicyclic) bond motifs is 2. The molecule has 2 aliphatic heterocycles. The molecule has 2 aromatic rings. The number of benzene rings is 2. The summed E-state index contributed by atoms with van der Waals surface area (Å²) in [4.78, 5) is 25.8. The summed E-state index contributed by atoms with van der Waals surface area (Å²) < 4.78 is 5.74. The second-order valence-electron chi connectivity index (χ2n) is 7.14. The van der Waals surface area contributed by atoms with Crippen LogP contribution in [0.3, 0.4) is 0 Å². The van der Waals surface area contributed by atoms with Gasteiger partial charge in [0.2, 0.25) is 5.91 Å². The minimum atomic E-state index is -0.749. The van der Waals surface area contributed by atoms with E-state index in [1.54, 1.807) is 12.1 Å². The minimum absolute atomic E-state index is 0.0140. The number of aliphatic carboxylic acids is 1. The molecule has 2 fully saturated rings. The number of nitrogens with one attached hydrogen (secondary N) is 1. The lowest BCUT2D eigenvalue weighted by molar-refractivity contribution is -0.142. The summed E-state index contributed by atoms with van der Waals surface area (Å²) in [6.45, 7) is 0.237. The highest BCUT2D eigenvalue weighted by molar-refractivity contribution is 5.92. The topological polar surface area (TPSA) is 78.9 Å². The highest BCUT2D eigenvalue weighted by Gasteiger charge is 2.49. The van der Waals surface area contributed by atoms with Gasteiger partial charge in [0.25, 0.3) is 0 Å². The number of rotatable bonds is 6. The van der Waals surface area contributed by atoms with Gasteiger partial charge in [0.15, 0.2) is 0 Å². The summed E-state index contributed by atoms with van der Waals surface area (Å²) in [7, 11) is 0. The van der Waals surface area contributed by atoms with Gasteiger partial charge in [-0.1, -0.05) is 18.2 Å². The second-order valence-corrected chi connectivity index (χ2v) is 7.14. The van der Waals surface area contributed by atoms with Gasteiger partial charge in [-0.3, -0.25) is 14.5 Å². The Morgan fingerprint density at radius 2 is 1.74 bits per heavy atom. The molecule has 6 heteroatoms. The van der Waals surface area contributed by atoms with Crippen molar-refractivity contribution in [2.45, 2.75) is 31.3 Å². The highest BCUT2D eigenvalue weighted by Crippen LogP contribution is 2.41. The zero-order valence-electron chi connectivity index (χ0n) is 14.9. The van der Waals surface area contributed by atoms with E-state index in [0.717, 1.165) is 18.6 Å². The lowest BCUT2D eigenvalue weighted by Crippen LogP contribution is -2.38. The van der Waals surface area contributed by atoms with Gasteiger partial charge < -0.3 is 15.2 Å². The fourth-order valence-corrected chi connectivity index (χ4v) is 4.21. The first-order valence-electron chi connectivity index (χ1n) is 9.21. The predicted octanol–water partition coefficient (Wildman–Crippen LogP) is 3.35. The zero-order chi connectivity index (χ0) is 18.8. The molecular weight excluding hydrogens is 344 g/mol. The normalized spacial score (nSPS) is 23.9. The highest BCUT2D eigenvalue weighted by atomic mass is 16.5. The maximum absolute atomic E-state index is 12.4. The molecule has 2 aromatic carbocycles. The van der Waals surface area contributed by atoms with Crippen molar-refractivity contribution >= 4 is 17.6 Å². The van der Waals surface area contributed by atoms with E-state index in [-0.39, 0.29) is 30.5 Å². The van der Waals surface area contributed by atoms with Gasteiger partial charge in [0, 0.05) is 17.8 Å². The summed E-state index contributed by atoms with van der Waals surface area (Å²) in [5, 5.41) is 12.2. The molecule has 6 nitrogen and oxygen atoms in total. The standard InChI is InChI=1S/C21H22N2O4/c24-20(13-23-15-8-11-19(23)18(12-15)21(25)26)22-14-6-9-17(10-7-14)27-16-4-2-1-3-5-16/h1-7,9-10,15,18-19H,8,11-13H2,(H,22,24)(H,25,26). The monoisotopic (exact) mass is 366 g/mol. The molecule has 0 spiro atoms. The third-order valence-electron chi connectivity index (χ3n) is 5.44. The molecule has 2 saturated heterocycles. The SMILES string of the molecule is O=C(CN1C2CCC1C(C(=O)O)C2)Nc1ccc(Oc2ccccc2)cc1. The van der Waals surface area contributed by atoms with Crippen molar-refractivity contribution in [1.29, 1.82) is 0 Å². The molecule has 0 aromatic heterocycles. The second kappa shape index (κ2) is 7.40. The number of ether oxygens (including phenoxy) is 1. The first-order valence-corrected chi connectivity index (χ1v) is 9.21. The number of amides is 1. The predicted molar refractivity (Wildman–Crippen MR) is 101 cm³/mol. The quantitative estimate of drug-likeness (QED) is 0.820. The fraction of sp³-hybridized carbons (Fsp3) is 0.333. The largest absolute Gasteiger partial charge is 0.481 e. The van der Waals surface area contributed by atoms with E-state index in [2.05, 4.69) is 10.2 Å². The molecule has 2 bridgehead atoms. The Morgan fingerprint density at radius 1 is 1.04 bits per heavy atom. The van der Waals surface area contributed by atoms with Crippen molar-refractivity contribution in [3.05, 3.63) is 54.6 Å². The average molecular weight is 366 g/mol. The summed E-state index contributed by atoms with van der Waals surface area (Å²) >= 11 is 0. The molecule has 140 valence electrons. The fourth-order valence-electron chi connectivity index (χ4n) is 4.21. The summed E-state index contributed by atoms with van der Waals surface area (Å²) in [5.41, 5.74) is 0.696. The van der Waals surface area contributed by atoms with E-state index in [1.807, 2.05) is 42.5 Å². The number of carboxylic acids is 1. The van der Waals surface area contributed by atoms with E-state index < -0.39 is 5.97 Å². The van der Waals surface area contributed by atoms with Crippen LogP contribution in [0, 0.1) is 5.92 Å². The average Bonchev–Trinajstić information content (AvgIpc) is 3.21. The Balaban J connectivity index is 1.33. The van der Waals surface area contributed by atoms with Crippen LogP contribution in [0.2, 0.25) is 0 Å². The molecule has 2 aliphatic rings. The molecule has 27 heavy (non-hydrogen) atoms. The number of carbonyl (C=O) groups is 2. The van der Waals surface area contributed by atoms with E-state index >= 15 is 0 Å². The molecule has 0 radical (unpaired) electrons. The van der Waals surface area contributed by atoms with Gasteiger partial charge in [-0.2, -0.15) is 0 Å². The molecule has 3 atom stereocenters.